The lowest BCUT2D eigenvalue weighted by Crippen LogP contribution is -2.48. The van der Waals surface area contributed by atoms with E-state index >= 15 is 0 Å². The molecule has 2 aliphatic rings. The van der Waals surface area contributed by atoms with Crippen LogP contribution in [0.3, 0.4) is 0 Å². The predicted molar refractivity (Wildman–Crippen MR) is 91.4 cm³/mol. The Kier molecular flexibility index (Phi) is 5.68. The molecule has 1 atom stereocenters. The Balaban J connectivity index is 1.60. The zero-order chi connectivity index (χ0) is 17.8. The number of rotatable bonds is 3. The number of halogens is 1. The van der Waals surface area contributed by atoms with Crippen LogP contribution in [0.1, 0.15) is 36.0 Å². The summed E-state index contributed by atoms with van der Waals surface area (Å²) in [4.78, 5) is 28.9. The van der Waals surface area contributed by atoms with Crippen LogP contribution in [0.25, 0.3) is 0 Å². The van der Waals surface area contributed by atoms with Gasteiger partial charge in [0.05, 0.1) is 5.92 Å². The van der Waals surface area contributed by atoms with Gasteiger partial charge in [-0.1, -0.05) is 0 Å². The predicted octanol–water partition coefficient (Wildman–Crippen LogP) is 1.91. The zero-order valence-electron chi connectivity index (χ0n) is 14.4. The summed E-state index contributed by atoms with van der Waals surface area (Å²) in [5.41, 5.74) is 0.457. The summed E-state index contributed by atoms with van der Waals surface area (Å²) in [7, 11) is 0. The topological polar surface area (TPSA) is 60.9 Å². The molecule has 136 valence electrons. The number of carbonyl (C=O) groups excluding carboxylic acids is 2. The summed E-state index contributed by atoms with van der Waals surface area (Å²) in [6, 6.07) is 5.54. The van der Waals surface area contributed by atoms with Crippen LogP contribution in [-0.4, -0.2) is 59.5 Å². The van der Waals surface area contributed by atoms with Crippen LogP contribution >= 0.6 is 0 Å². The van der Waals surface area contributed by atoms with Crippen molar-refractivity contribution in [3.05, 3.63) is 35.6 Å². The number of nitrogens with zero attached hydrogens (tertiary/aromatic N) is 2. The molecular formula is C19H25FN2O3. The lowest BCUT2D eigenvalue weighted by Gasteiger charge is -2.37. The lowest BCUT2D eigenvalue weighted by molar-refractivity contribution is -0.138. The van der Waals surface area contributed by atoms with Gasteiger partial charge in [0.2, 0.25) is 5.91 Å². The summed E-state index contributed by atoms with van der Waals surface area (Å²) >= 11 is 0. The molecule has 6 heteroatoms. The number of hydrogen-bond acceptors (Lipinski definition) is 3. The maximum Gasteiger partial charge on any atom is 0.253 e. The second kappa shape index (κ2) is 7.95. The van der Waals surface area contributed by atoms with E-state index in [-0.39, 0.29) is 30.2 Å². The van der Waals surface area contributed by atoms with Crippen LogP contribution in [0.4, 0.5) is 4.39 Å². The Bertz CT molecular complexity index is 612. The van der Waals surface area contributed by atoms with Crippen molar-refractivity contribution >= 4 is 11.8 Å². The largest absolute Gasteiger partial charge is 0.396 e. The van der Waals surface area contributed by atoms with Gasteiger partial charge < -0.3 is 14.9 Å². The van der Waals surface area contributed by atoms with Crippen molar-refractivity contribution in [2.45, 2.75) is 25.7 Å². The third-order valence-corrected chi connectivity index (χ3v) is 5.33. The number of benzene rings is 1. The molecule has 0 aliphatic carbocycles. The van der Waals surface area contributed by atoms with Crippen LogP contribution < -0.4 is 0 Å². The molecule has 0 radical (unpaired) electrons. The molecule has 2 heterocycles. The van der Waals surface area contributed by atoms with E-state index in [1.54, 1.807) is 4.90 Å². The van der Waals surface area contributed by atoms with E-state index in [2.05, 4.69) is 0 Å². The van der Waals surface area contributed by atoms with Gasteiger partial charge in [0.1, 0.15) is 5.82 Å². The quantitative estimate of drug-likeness (QED) is 0.908. The Hall–Kier alpha value is -1.95. The van der Waals surface area contributed by atoms with Crippen LogP contribution in [-0.2, 0) is 4.79 Å². The van der Waals surface area contributed by atoms with E-state index in [4.69, 9.17) is 0 Å². The number of likely N-dealkylation sites (tertiary alicyclic amines) is 2. The van der Waals surface area contributed by atoms with Gasteiger partial charge >= 0.3 is 0 Å². The molecule has 1 aromatic carbocycles. The maximum absolute atomic E-state index is 13.0. The molecule has 3 rings (SSSR count). The fourth-order valence-corrected chi connectivity index (χ4v) is 3.73. The van der Waals surface area contributed by atoms with Crippen molar-refractivity contribution in [3.63, 3.8) is 0 Å². The molecule has 2 saturated heterocycles. The van der Waals surface area contributed by atoms with Crippen LogP contribution in [0.5, 0.6) is 0 Å². The molecule has 2 amide bonds. The zero-order valence-corrected chi connectivity index (χ0v) is 14.4. The summed E-state index contributed by atoms with van der Waals surface area (Å²) in [6.45, 7) is 2.62. The summed E-state index contributed by atoms with van der Waals surface area (Å²) in [5.74, 6) is -0.255. The van der Waals surface area contributed by atoms with Gasteiger partial charge in [-0.3, -0.25) is 9.59 Å². The highest BCUT2D eigenvalue weighted by Gasteiger charge is 2.33. The summed E-state index contributed by atoms with van der Waals surface area (Å²) in [5, 5.41) is 9.21. The van der Waals surface area contributed by atoms with E-state index in [9.17, 15) is 19.1 Å². The summed E-state index contributed by atoms with van der Waals surface area (Å²) < 4.78 is 13.0. The Morgan fingerprint density at radius 3 is 2.36 bits per heavy atom. The number of amides is 2. The third-order valence-electron chi connectivity index (χ3n) is 5.33. The number of hydrogen-bond donors (Lipinski definition) is 1. The average Bonchev–Trinajstić information content (AvgIpc) is 2.67. The highest BCUT2D eigenvalue weighted by atomic mass is 19.1. The Labute approximate surface area is 147 Å². The van der Waals surface area contributed by atoms with Crippen molar-refractivity contribution < 1.29 is 19.1 Å². The number of aliphatic hydroxyl groups excluding tert-OH is 1. The normalized spacial score (nSPS) is 22.1. The Morgan fingerprint density at radius 1 is 1.04 bits per heavy atom. The molecule has 2 aliphatic heterocycles. The fourth-order valence-electron chi connectivity index (χ4n) is 3.73. The minimum absolute atomic E-state index is 0.119. The first-order chi connectivity index (χ1) is 12.1. The maximum atomic E-state index is 13.0. The lowest BCUT2D eigenvalue weighted by atomic mass is 9.93. The van der Waals surface area contributed by atoms with Gasteiger partial charge in [-0.15, -0.1) is 0 Å². The van der Waals surface area contributed by atoms with Crippen molar-refractivity contribution in [1.82, 2.24) is 9.80 Å². The number of carbonyl (C=O) groups is 2. The molecule has 1 unspecified atom stereocenters. The van der Waals surface area contributed by atoms with Crippen molar-refractivity contribution in [3.8, 4) is 0 Å². The molecule has 1 aromatic rings. The van der Waals surface area contributed by atoms with E-state index in [1.807, 2.05) is 4.90 Å². The first-order valence-electron chi connectivity index (χ1n) is 9.03. The molecule has 0 aromatic heterocycles. The highest BCUT2D eigenvalue weighted by molar-refractivity contribution is 5.94. The van der Waals surface area contributed by atoms with E-state index in [0.29, 0.717) is 37.7 Å². The minimum Gasteiger partial charge on any atom is -0.396 e. The first kappa shape index (κ1) is 17.9. The van der Waals surface area contributed by atoms with Crippen LogP contribution in [0.15, 0.2) is 24.3 Å². The second-order valence-corrected chi connectivity index (χ2v) is 7.05. The molecule has 0 spiro atoms. The first-order valence-corrected chi connectivity index (χ1v) is 9.03. The molecule has 0 saturated carbocycles. The molecule has 0 bridgehead atoms. The van der Waals surface area contributed by atoms with Crippen molar-refractivity contribution in [1.29, 1.82) is 0 Å². The fraction of sp³-hybridized carbons (Fsp3) is 0.579. The van der Waals surface area contributed by atoms with Crippen LogP contribution in [0, 0.1) is 17.7 Å². The van der Waals surface area contributed by atoms with Gasteiger partial charge in [0, 0.05) is 38.3 Å². The minimum atomic E-state index is -0.366. The average molecular weight is 348 g/mol. The smallest absolute Gasteiger partial charge is 0.253 e. The van der Waals surface area contributed by atoms with Gasteiger partial charge in [0.15, 0.2) is 0 Å². The Morgan fingerprint density at radius 2 is 1.72 bits per heavy atom. The van der Waals surface area contributed by atoms with Gasteiger partial charge in [-0.25, -0.2) is 4.39 Å². The molecule has 25 heavy (non-hydrogen) atoms. The van der Waals surface area contributed by atoms with E-state index in [0.717, 1.165) is 25.7 Å². The SMILES string of the molecule is O=C(c1ccc(F)cc1)N1CCCC(C(=O)N2CCC(CO)CC2)C1. The van der Waals surface area contributed by atoms with E-state index < -0.39 is 0 Å². The summed E-state index contributed by atoms with van der Waals surface area (Å²) in [6.07, 6.45) is 3.28. The monoisotopic (exact) mass is 348 g/mol. The van der Waals surface area contributed by atoms with Crippen LogP contribution in [0.2, 0.25) is 0 Å². The molecule has 1 N–H and O–H groups in total. The molecule has 5 nitrogen and oxygen atoms in total. The third kappa shape index (κ3) is 4.18. The number of aliphatic hydroxyl groups is 1. The van der Waals surface area contributed by atoms with Crippen molar-refractivity contribution in [2.24, 2.45) is 11.8 Å². The van der Waals surface area contributed by atoms with Crippen molar-refractivity contribution in [2.75, 3.05) is 32.8 Å². The van der Waals surface area contributed by atoms with E-state index in [1.165, 1.54) is 24.3 Å². The standard InChI is InChI=1S/C19H25FN2O3/c20-17-5-3-15(4-6-17)18(24)22-9-1-2-16(12-22)19(25)21-10-7-14(13-23)8-11-21/h3-6,14,16,23H,1-2,7-13H2. The molecular weight excluding hydrogens is 323 g/mol. The molecule has 2 fully saturated rings. The van der Waals surface area contributed by atoms with Gasteiger partial charge in [-0.05, 0) is 55.9 Å². The van der Waals surface area contributed by atoms with Gasteiger partial charge in [0.25, 0.3) is 5.91 Å². The second-order valence-electron chi connectivity index (χ2n) is 7.05. The van der Waals surface area contributed by atoms with Gasteiger partial charge in [-0.2, -0.15) is 0 Å². The highest BCUT2D eigenvalue weighted by Crippen LogP contribution is 2.24. The number of piperidine rings is 2.